The number of amides is 3. The summed E-state index contributed by atoms with van der Waals surface area (Å²) in [6.45, 7) is 7.62. The number of fused-ring (bicyclic) bond motifs is 1. The number of carbonyl (C=O) groups excluding carboxylic acids is 3. The van der Waals surface area contributed by atoms with Crippen LogP contribution < -0.4 is 16.0 Å². The number of carbonyl (C=O) groups is 3. The van der Waals surface area contributed by atoms with Crippen LogP contribution in [0.1, 0.15) is 37.8 Å². The molecule has 3 amide bonds. The van der Waals surface area contributed by atoms with Crippen LogP contribution >= 0.6 is 11.6 Å². The summed E-state index contributed by atoms with van der Waals surface area (Å²) in [5.74, 6) is -2.77. The lowest BCUT2D eigenvalue weighted by molar-refractivity contribution is -0.135. The fourth-order valence-corrected chi connectivity index (χ4v) is 4.50. The van der Waals surface area contributed by atoms with Crippen molar-refractivity contribution in [2.45, 2.75) is 32.9 Å². The van der Waals surface area contributed by atoms with Gasteiger partial charge in [-0.3, -0.25) is 14.4 Å². The van der Waals surface area contributed by atoms with Crippen LogP contribution in [0.25, 0.3) is 0 Å². The van der Waals surface area contributed by atoms with Crippen molar-refractivity contribution in [2.24, 2.45) is 28.5 Å². The summed E-state index contributed by atoms with van der Waals surface area (Å²) < 4.78 is 0. The van der Waals surface area contributed by atoms with Crippen LogP contribution in [0.15, 0.2) is 66.2 Å². The van der Waals surface area contributed by atoms with Crippen molar-refractivity contribution in [3.63, 3.8) is 0 Å². The highest BCUT2D eigenvalue weighted by molar-refractivity contribution is 6.32. The van der Waals surface area contributed by atoms with Crippen LogP contribution in [0.3, 0.4) is 0 Å². The summed E-state index contributed by atoms with van der Waals surface area (Å²) in [5, 5.41) is 3.30. The molecule has 8 heteroatoms. The quantitative estimate of drug-likeness (QED) is 0.516. The number of halogens is 1. The molecule has 3 rings (SSSR count). The lowest BCUT2D eigenvalue weighted by Gasteiger charge is -2.27. The van der Waals surface area contributed by atoms with E-state index in [1.54, 1.807) is 31.3 Å². The maximum absolute atomic E-state index is 13.5. The van der Waals surface area contributed by atoms with Gasteiger partial charge in [-0.15, -0.1) is 6.58 Å². The Bertz CT molecular complexity index is 1150. The van der Waals surface area contributed by atoms with Gasteiger partial charge in [-0.05, 0) is 37.0 Å². The number of nitrogens with zero attached hydrogens (tertiary/aromatic N) is 2. The van der Waals surface area contributed by atoms with Crippen molar-refractivity contribution in [3.8, 4) is 0 Å². The Kier molecular flexibility index (Phi) is 8.46. The van der Waals surface area contributed by atoms with E-state index in [1.165, 1.54) is 4.90 Å². The normalized spacial score (nSPS) is 17.2. The number of aliphatic imine (C=N–C) groups is 1. The molecule has 2 unspecified atom stereocenters. The fraction of sp³-hybridized carbons (Fsp3) is 0.333. The van der Waals surface area contributed by atoms with Crippen LogP contribution in [0.4, 0.5) is 5.69 Å². The van der Waals surface area contributed by atoms with E-state index >= 15 is 0 Å². The molecule has 0 spiro atoms. The van der Waals surface area contributed by atoms with Crippen LogP contribution in [-0.2, 0) is 14.4 Å². The van der Waals surface area contributed by atoms with Crippen molar-refractivity contribution in [1.29, 1.82) is 0 Å². The Hall–Kier alpha value is -3.45. The third-order valence-corrected chi connectivity index (χ3v) is 6.29. The van der Waals surface area contributed by atoms with Gasteiger partial charge in [0.15, 0.2) is 0 Å². The van der Waals surface area contributed by atoms with E-state index in [2.05, 4.69) is 11.9 Å². The molecule has 3 atom stereocenters. The number of benzodiazepines with no additional fused rings is 1. The van der Waals surface area contributed by atoms with Gasteiger partial charge in [0.1, 0.15) is 0 Å². The number of anilines is 1. The van der Waals surface area contributed by atoms with E-state index in [9.17, 15) is 14.4 Å². The third-order valence-electron chi connectivity index (χ3n) is 6.06. The monoisotopic (exact) mass is 494 g/mol. The van der Waals surface area contributed by atoms with E-state index in [-0.39, 0.29) is 12.3 Å². The number of nitrogens with two attached hydrogens (primary N) is 1. The van der Waals surface area contributed by atoms with E-state index in [4.69, 9.17) is 22.3 Å². The van der Waals surface area contributed by atoms with Gasteiger partial charge < -0.3 is 16.0 Å². The summed E-state index contributed by atoms with van der Waals surface area (Å²) in [7, 11) is 1.63. The molecule has 1 aliphatic heterocycles. The molecule has 0 aromatic heterocycles. The van der Waals surface area contributed by atoms with Crippen LogP contribution in [-0.4, -0.2) is 36.6 Å². The van der Waals surface area contributed by atoms with Gasteiger partial charge in [0.05, 0.1) is 23.2 Å². The van der Waals surface area contributed by atoms with Crippen LogP contribution in [0.2, 0.25) is 5.02 Å². The number of benzene rings is 2. The molecule has 184 valence electrons. The Morgan fingerprint density at radius 1 is 1.20 bits per heavy atom. The zero-order valence-corrected chi connectivity index (χ0v) is 21.0. The van der Waals surface area contributed by atoms with Crippen LogP contribution in [0, 0.1) is 17.8 Å². The average Bonchev–Trinajstić information content (AvgIpc) is 2.91. The minimum atomic E-state index is -1.19. The molecule has 0 fully saturated rings. The first-order valence-corrected chi connectivity index (χ1v) is 11.9. The van der Waals surface area contributed by atoms with E-state index in [0.717, 1.165) is 5.56 Å². The minimum Gasteiger partial charge on any atom is -0.369 e. The van der Waals surface area contributed by atoms with Crippen LogP contribution in [0.5, 0.6) is 0 Å². The smallest absolute Gasteiger partial charge is 0.272 e. The van der Waals surface area contributed by atoms with Crippen molar-refractivity contribution >= 4 is 40.7 Å². The molecule has 0 saturated heterocycles. The van der Waals surface area contributed by atoms with E-state index in [1.807, 2.05) is 44.2 Å². The van der Waals surface area contributed by atoms with Gasteiger partial charge in [-0.1, -0.05) is 61.9 Å². The van der Waals surface area contributed by atoms with Crippen molar-refractivity contribution < 1.29 is 14.4 Å². The summed E-state index contributed by atoms with van der Waals surface area (Å²) >= 11 is 6.29. The molecule has 2 aromatic rings. The molecular weight excluding hydrogens is 464 g/mol. The highest BCUT2D eigenvalue weighted by Crippen LogP contribution is 2.30. The Balaban J connectivity index is 2.06. The number of rotatable bonds is 9. The molecule has 0 bridgehead atoms. The lowest BCUT2D eigenvalue weighted by Crippen LogP contribution is -2.50. The van der Waals surface area contributed by atoms with Gasteiger partial charge in [0, 0.05) is 23.2 Å². The number of primary amides is 1. The molecule has 35 heavy (non-hydrogen) atoms. The van der Waals surface area contributed by atoms with Crippen molar-refractivity contribution in [1.82, 2.24) is 5.32 Å². The number of nitrogens with one attached hydrogen (secondary N) is 1. The summed E-state index contributed by atoms with van der Waals surface area (Å²) in [6.07, 6.45) is 1.07. The van der Waals surface area contributed by atoms with Gasteiger partial charge >= 0.3 is 0 Å². The average molecular weight is 495 g/mol. The molecule has 1 aliphatic rings. The Labute approximate surface area is 211 Å². The first kappa shape index (κ1) is 26.2. The zero-order chi connectivity index (χ0) is 25.7. The first-order chi connectivity index (χ1) is 16.6. The number of likely N-dealkylation sites (N-methyl/N-ethyl adjacent to an activating group) is 1. The molecule has 0 radical (unpaired) electrons. The van der Waals surface area contributed by atoms with Gasteiger partial charge in [0.25, 0.3) is 5.91 Å². The van der Waals surface area contributed by atoms with Crippen molar-refractivity contribution in [2.75, 3.05) is 11.9 Å². The second-order valence-corrected chi connectivity index (χ2v) is 9.52. The molecule has 0 aliphatic carbocycles. The zero-order valence-electron chi connectivity index (χ0n) is 20.2. The maximum Gasteiger partial charge on any atom is 0.272 e. The largest absolute Gasteiger partial charge is 0.369 e. The molecule has 3 N–H and O–H groups in total. The van der Waals surface area contributed by atoms with E-state index in [0.29, 0.717) is 28.4 Å². The van der Waals surface area contributed by atoms with Crippen molar-refractivity contribution in [3.05, 3.63) is 77.3 Å². The molecule has 7 nitrogen and oxygen atoms in total. The minimum absolute atomic E-state index is 0.125. The molecular formula is C27H31ClN4O3. The highest BCUT2D eigenvalue weighted by atomic mass is 35.5. The first-order valence-electron chi connectivity index (χ1n) is 11.5. The predicted octanol–water partition coefficient (Wildman–Crippen LogP) is 3.94. The molecule has 2 aromatic carbocycles. The van der Waals surface area contributed by atoms with E-state index < -0.39 is 35.7 Å². The number of hydrogen-bond acceptors (Lipinski definition) is 4. The van der Waals surface area contributed by atoms with Gasteiger partial charge in [-0.25, -0.2) is 4.99 Å². The second-order valence-electron chi connectivity index (χ2n) is 9.08. The standard InChI is InChI=1S/C27H31ClN4O3/c1-5-9-19(24(29)33)20(14-16(2)3)26(34)31-25-27(35)32(4)22-13-12-18(28)15-21(22)23(30-25)17-10-7-6-8-11-17/h5-8,10-13,15-16,19-20,25H,1,9,14H2,2-4H3,(H2,29,33)(H,31,34)/t19?,20?,25-/m0/s1. The SMILES string of the molecule is C=CCC(C(N)=O)C(CC(C)C)C(=O)N[C@@H]1N=C(c2ccccc2)c2cc(Cl)ccc2N(C)C1=O. The Morgan fingerprint density at radius 2 is 1.89 bits per heavy atom. The highest BCUT2D eigenvalue weighted by Gasteiger charge is 2.36. The Morgan fingerprint density at radius 3 is 2.49 bits per heavy atom. The summed E-state index contributed by atoms with van der Waals surface area (Å²) in [4.78, 5) is 45.3. The third kappa shape index (κ3) is 5.98. The van der Waals surface area contributed by atoms with Gasteiger partial charge in [0.2, 0.25) is 18.0 Å². The number of allylic oxidation sites excluding steroid dienone is 1. The molecule has 1 heterocycles. The summed E-state index contributed by atoms with van der Waals surface area (Å²) in [6, 6.07) is 14.6. The second kappa shape index (κ2) is 11.3. The van der Waals surface area contributed by atoms with Gasteiger partial charge in [-0.2, -0.15) is 0 Å². The fourth-order valence-electron chi connectivity index (χ4n) is 4.33. The summed E-state index contributed by atoms with van der Waals surface area (Å²) in [5.41, 5.74) is 8.24. The maximum atomic E-state index is 13.5. The predicted molar refractivity (Wildman–Crippen MR) is 139 cm³/mol. The lowest BCUT2D eigenvalue weighted by atomic mass is 9.82. The number of hydrogen-bond donors (Lipinski definition) is 2. The topological polar surface area (TPSA) is 105 Å². The molecule has 0 saturated carbocycles.